The summed E-state index contributed by atoms with van der Waals surface area (Å²) in [5.41, 5.74) is 7.44. The van der Waals surface area contributed by atoms with Crippen molar-refractivity contribution in [3.05, 3.63) is 17.3 Å². The minimum Gasteiger partial charge on any atom is -0.381 e. The Morgan fingerprint density at radius 1 is 1.55 bits per heavy atom. The predicted octanol–water partition coefficient (Wildman–Crippen LogP) is 2.95. The molecule has 0 amide bonds. The molecule has 0 radical (unpaired) electrons. The quantitative estimate of drug-likeness (QED) is 0.922. The molecule has 3 rings (SSSR count). The molecule has 0 bridgehead atoms. The maximum Gasteiger partial charge on any atom is 0.194 e. The van der Waals surface area contributed by atoms with Crippen molar-refractivity contribution in [1.29, 1.82) is 0 Å². The molecule has 3 heterocycles. The van der Waals surface area contributed by atoms with Gasteiger partial charge in [-0.05, 0) is 19.3 Å². The highest BCUT2D eigenvalue weighted by Gasteiger charge is 2.21. The number of nitrogens with two attached hydrogens (primary N) is 1. The van der Waals surface area contributed by atoms with Crippen LogP contribution in [0.1, 0.15) is 31.9 Å². The molecule has 2 aromatic heterocycles. The second kappa shape index (κ2) is 6.47. The number of fused-ring (bicyclic) bond motifs is 1. The summed E-state index contributed by atoms with van der Waals surface area (Å²) in [6.07, 6.45) is 6.25. The molecule has 0 saturated carbocycles. The number of rotatable bonds is 5. The molecule has 4 nitrogen and oxygen atoms in total. The van der Waals surface area contributed by atoms with Crippen LogP contribution in [0.15, 0.2) is 16.6 Å². The van der Waals surface area contributed by atoms with E-state index in [1.54, 1.807) is 11.3 Å². The molecule has 6 heteroatoms. The highest BCUT2D eigenvalue weighted by molar-refractivity contribution is 7.99. The van der Waals surface area contributed by atoms with Gasteiger partial charge in [-0.15, -0.1) is 23.1 Å². The maximum absolute atomic E-state index is 6.16. The molecule has 1 atom stereocenters. The van der Waals surface area contributed by atoms with E-state index in [2.05, 4.69) is 22.9 Å². The number of aromatic nitrogens is 2. The molecule has 1 aliphatic rings. The standard InChI is InChI=1S/C14H21N3OS2/c1-2-10(15)9-12-13(16-14-17(12)5-8-19-14)20-11-3-6-18-7-4-11/h5,8,10-11H,2-4,6-7,9,15H2,1H3. The Labute approximate surface area is 127 Å². The lowest BCUT2D eigenvalue weighted by atomic mass is 10.1. The zero-order valence-electron chi connectivity index (χ0n) is 11.7. The van der Waals surface area contributed by atoms with Gasteiger partial charge in [0.1, 0.15) is 5.03 Å². The average Bonchev–Trinajstić information content (AvgIpc) is 3.03. The zero-order valence-corrected chi connectivity index (χ0v) is 13.4. The van der Waals surface area contributed by atoms with Crippen molar-refractivity contribution in [1.82, 2.24) is 9.38 Å². The Hall–Kier alpha value is -0.560. The molecule has 0 aromatic carbocycles. The largest absolute Gasteiger partial charge is 0.381 e. The Morgan fingerprint density at radius 3 is 3.10 bits per heavy atom. The number of nitrogens with zero attached hydrogens (tertiary/aromatic N) is 2. The Morgan fingerprint density at radius 2 is 2.35 bits per heavy atom. The first-order valence-electron chi connectivity index (χ1n) is 7.22. The van der Waals surface area contributed by atoms with Crippen molar-refractivity contribution >= 4 is 28.1 Å². The summed E-state index contributed by atoms with van der Waals surface area (Å²) in [6.45, 7) is 3.90. The molecule has 1 aliphatic heterocycles. The van der Waals surface area contributed by atoms with Crippen molar-refractivity contribution < 1.29 is 4.74 Å². The first-order chi connectivity index (χ1) is 9.78. The molecular formula is C14H21N3OS2. The van der Waals surface area contributed by atoms with Gasteiger partial charge in [0.15, 0.2) is 4.96 Å². The summed E-state index contributed by atoms with van der Waals surface area (Å²) in [5.74, 6) is 0. The topological polar surface area (TPSA) is 52.5 Å². The molecule has 0 spiro atoms. The van der Waals surface area contributed by atoms with Crippen LogP contribution in [-0.4, -0.2) is 33.9 Å². The van der Waals surface area contributed by atoms with E-state index < -0.39 is 0 Å². The van der Waals surface area contributed by atoms with Crippen LogP contribution in [0.25, 0.3) is 4.96 Å². The minimum absolute atomic E-state index is 0.212. The maximum atomic E-state index is 6.16. The van der Waals surface area contributed by atoms with E-state index >= 15 is 0 Å². The van der Waals surface area contributed by atoms with Gasteiger partial charge < -0.3 is 10.5 Å². The number of ether oxygens (including phenoxy) is 1. The van der Waals surface area contributed by atoms with E-state index in [0.29, 0.717) is 5.25 Å². The fourth-order valence-corrected chi connectivity index (χ4v) is 4.43. The van der Waals surface area contributed by atoms with Gasteiger partial charge in [0, 0.05) is 42.5 Å². The lowest BCUT2D eigenvalue weighted by Gasteiger charge is -2.21. The van der Waals surface area contributed by atoms with Crippen molar-refractivity contribution in [3.63, 3.8) is 0 Å². The molecule has 2 aromatic rings. The molecule has 20 heavy (non-hydrogen) atoms. The molecule has 1 saturated heterocycles. The first kappa shape index (κ1) is 14.4. The summed E-state index contributed by atoms with van der Waals surface area (Å²) >= 11 is 3.61. The number of thioether (sulfide) groups is 1. The molecule has 1 unspecified atom stereocenters. The summed E-state index contributed by atoms with van der Waals surface area (Å²) < 4.78 is 7.65. The van der Waals surface area contributed by atoms with Crippen LogP contribution in [-0.2, 0) is 11.2 Å². The second-order valence-corrected chi connectivity index (χ2v) is 7.38. The van der Waals surface area contributed by atoms with Crippen LogP contribution in [0.2, 0.25) is 0 Å². The SMILES string of the molecule is CCC(N)Cc1c(SC2CCOCC2)nc2sccn12. The second-order valence-electron chi connectivity index (χ2n) is 5.22. The fraction of sp³-hybridized carbons (Fsp3) is 0.643. The van der Waals surface area contributed by atoms with E-state index in [1.807, 2.05) is 11.8 Å². The van der Waals surface area contributed by atoms with Gasteiger partial charge >= 0.3 is 0 Å². The Bertz CT molecular complexity index is 560. The summed E-state index contributed by atoms with van der Waals surface area (Å²) in [4.78, 5) is 5.88. The lowest BCUT2D eigenvalue weighted by Crippen LogP contribution is -2.23. The average molecular weight is 311 g/mol. The van der Waals surface area contributed by atoms with Crippen LogP contribution in [0.4, 0.5) is 0 Å². The number of hydrogen-bond acceptors (Lipinski definition) is 5. The van der Waals surface area contributed by atoms with Crippen LogP contribution < -0.4 is 5.73 Å². The molecular weight excluding hydrogens is 290 g/mol. The minimum atomic E-state index is 0.212. The van der Waals surface area contributed by atoms with Gasteiger partial charge in [-0.3, -0.25) is 4.40 Å². The lowest BCUT2D eigenvalue weighted by molar-refractivity contribution is 0.1000. The van der Waals surface area contributed by atoms with Gasteiger partial charge in [-0.1, -0.05) is 6.92 Å². The summed E-state index contributed by atoms with van der Waals surface area (Å²) in [6, 6.07) is 0.212. The number of hydrogen-bond donors (Lipinski definition) is 1. The monoisotopic (exact) mass is 311 g/mol. The third-order valence-electron chi connectivity index (χ3n) is 3.75. The van der Waals surface area contributed by atoms with Gasteiger partial charge in [0.2, 0.25) is 0 Å². The van der Waals surface area contributed by atoms with Crippen LogP contribution in [0, 0.1) is 0 Å². The highest BCUT2D eigenvalue weighted by Crippen LogP contribution is 2.33. The van der Waals surface area contributed by atoms with Gasteiger partial charge in [-0.25, -0.2) is 4.98 Å². The smallest absolute Gasteiger partial charge is 0.194 e. The van der Waals surface area contributed by atoms with E-state index in [4.69, 9.17) is 15.5 Å². The predicted molar refractivity (Wildman–Crippen MR) is 84.7 cm³/mol. The van der Waals surface area contributed by atoms with Crippen molar-refractivity contribution in [2.45, 2.75) is 48.9 Å². The Balaban J connectivity index is 1.84. The first-order valence-corrected chi connectivity index (χ1v) is 8.98. The van der Waals surface area contributed by atoms with Gasteiger partial charge in [-0.2, -0.15) is 0 Å². The molecule has 0 aliphatic carbocycles. The number of imidazole rings is 1. The van der Waals surface area contributed by atoms with E-state index in [0.717, 1.165) is 43.9 Å². The van der Waals surface area contributed by atoms with E-state index in [9.17, 15) is 0 Å². The third-order valence-corrected chi connectivity index (χ3v) is 5.86. The summed E-state index contributed by atoms with van der Waals surface area (Å²) in [5, 5.41) is 3.89. The summed E-state index contributed by atoms with van der Waals surface area (Å²) in [7, 11) is 0. The number of thiazole rings is 1. The normalized spacial score (nSPS) is 18.7. The van der Waals surface area contributed by atoms with Crippen molar-refractivity contribution in [2.24, 2.45) is 5.73 Å². The van der Waals surface area contributed by atoms with Crippen molar-refractivity contribution in [2.75, 3.05) is 13.2 Å². The zero-order chi connectivity index (χ0) is 13.9. The van der Waals surface area contributed by atoms with E-state index in [1.165, 1.54) is 10.7 Å². The van der Waals surface area contributed by atoms with E-state index in [-0.39, 0.29) is 6.04 Å². The van der Waals surface area contributed by atoms with Crippen LogP contribution in [0.3, 0.4) is 0 Å². The van der Waals surface area contributed by atoms with Crippen LogP contribution in [0.5, 0.6) is 0 Å². The van der Waals surface area contributed by atoms with Gasteiger partial charge in [0.25, 0.3) is 0 Å². The molecule has 110 valence electrons. The van der Waals surface area contributed by atoms with Crippen molar-refractivity contribution in [3.8, 4) is 0 Å². The third kappa shape index (κ3) is 3.03. The molecule has 1 fully saturated rings. The Kier molecular flexibility index (Phi) is 4.65. The van der Waals surface area contributed by atoms with Gasteiger partial charge in [0.05, 0.1) is 5.69 Å². The fourth-order valence-electron chi connectivity index (χ4n) is 2.44. The highest BCUT2D eigenvalue weighted by atomic mass is 32.2. The molecule has 2 N–H and O–H groups in total. The van der Waals surface area contributed by atoms with Crippen LogP contribution >= 0.6 is 23.1 Å².